The van der Waals surface area contributed by atoms with E-state index >= 15 is 0 Å². The van der Waals surface area contributed by atoms with Gasteiger partial charge in [-0.1, -0.05) is 22.0 Å². The second-order valence-electron chi connectivity index (χ2n) is 3.47. The summed E-state index contributed by atoms with van der Waals surface area (Å²) in [5, 5.41) is 0. The highest BCUT2D eigenvalue weighted by molar-refractivity contribution is 9.10. The Kier molecular flexibility index (Phi) is 4.02. The molecule has 0 unspecified atom stereocenters. The summed E-state index contributed by atoms with van der Waals surface area (Å²) < 4.78 is 7.45. The molecule has 2 aromatic rings. The fraction of sp³-hybridized carbons (Fsp3) is 0.0833. The van der Waals surface area contributed by atoms with Gasteiger partial charge in [-0.3, -0.25) is 4.98 Å². The van der Waals surface area contributed by atoms with Gasteiger partial charge in [0.25, 0.3) is 0 Å². The molecule has 0 radical (unpaired) electrons. The smallest absolute Gasteiger partial charge is 0.139 e. The van der Waals surface area contributed by atoms with Crippen molar-refractivity contribution in [2.24, 2.45) is 0 Å². The van der Waals surface area contributed by atoms with Gasteiger partial charge in [0, 0.05) is 26.4 Å². The van der Waals surface area contributed by atoms with Crippen molar-refractivity contribution in [3.8, 4) is 5.75 Å². The summed E-state index contributed by atoms with van der Waals surface area (Å²) in [4.78, 5) is 4.02. The number of anilines is 1. The molecule has 0 aliphatic carbocycles. The van der Waals surface area contributed by atoms with Crippen LogP contribution in [0.1, 0.15) is 5.56 Å². The predicted molar refractivity (Wildman–Crippen MR) is 74.8 cm³/mol. The third-order valence-electron chi connectivity index (χ3n) is 2.18. The molecule has 0 saturated heterocycles. The Bertz CT molecular complexity index is 532. The van der Waals surface area contributed by atoms with E-state index in [1.807, 2.05) is 24.3 Å². The molecule has 1 aromatic carbocycles. The van der Waals surface area contributed by atoms with Gasteiger partial charge < -0.3 is 10.5 Å². The molecule has 0 atom stereocenters. The monoisotopic (exact) mass is 356 g/mol. The van der Waals surface area contributed by atoms with Gasteiger partial charge in [0.05, 0.1) is 6.20 Å². The maximum Gasteiger partial charge on any atom is 0.139 e. The second kappa shape index (κ2) is 5.51. The van der Waals surface area contributed by atoms with Gasteiger partial charge in [0.1, 0.15) is 12.4 Å². The molecule has 0 amide bonds. The summed E-state index contributed by atoms with van der Waals surface area (Å²) in [5.74, 6) is 0.710. The van der Waals surface area contributed by atoms with Crippen LogP contribution in [0, 0.1) is 0 Å². The number of pyridine rings is 1. The number of nitrogens with zero attached hydrogens (tertiary/aromatic N) is 1. The van der Waals surface area contributed by atoms with E-state index in [1.165, 1.54) is 0 Å². The number of nitrogen functional groups attached to an aromatic ring is 1. The van der Waals surface area contributed by atoms with E-state index in [0.29, 0.717) is 18.0 Å². The average Bonchev–Trinajstić information content (AvgIpc) is 2.28. The third-order valence-corrected chi connectivity index (χ3v) is 3.11. The van der Waals surface area contributed by atoms with Crippen LogP contribution in [0.4, 0.5) is 5.69 Å². The predicted octanol–water partition coefficient (Wildman–Crippen LogP) is 3.77. The van der Waals surface area contributed by atoms with E-state index < -0.39 is 0 Å². The van der Waals surface area contributed by atoms with Crippen molar-refractivity contribution in [3.05, 3.63) is 51.2 Å². The molecule has 0 spiro atoms. The first kappa shape index (κ1) is 12.4. The summed E-state index contributed by atoms with van der Waals surface area (Å²) in [6.45, 7) is 0.428. The minimum Gasteiger partial charge on any atom is -0.487 e. The largest absolute Gasteiger partial charge is 0.487 e. The average molecular weight is 358 g/mol. The van der Waals surface area contributed by atoms with Crippen LogP contribution in [-0.2, 0) is 6.61 Å². The molecule has 17 heavy (non-hydrogen) atoms. The Morgan fingerprint density at radius 3 is 2.65 bits per heavy atom. The number of nitrogens with two attached hydrogens (primary N) is 1. The van der Waals surface area contributed by atoms with E-state index in [0.717, 1.165) is 14.5 Å². The summed E-state index contributed by atoms with van der Waals surface area (Å²) >= 11 is 6.70. The molecule has 5 heteroatoms. The molecule has 1 heterocycles. The van der Waals surface area contributed by atoms with Crippen molar-refractivity contribution in [1.29, 1.82) is 0 Å². The molecule has 3 nitrogen and oxygen atoms in total. The highest BCUT2D eigenvalue weighted by atomic mass is 79.9. The van der Waals surface area contributed by atoms with Crippen molar-refractivity contribution in [2.45, 2.75) is 6.61 Å². The molecule has 2 N–H and O–H groups in total. The van der Waals surface area contributed by atoms with Gasteiger partial charge in [-0.25, -0.2) is 0 Å². The lowest BCUT2D eigenvalue weighted by Crippen LogP contribution is -2.00. The lowest BCUT2D eigenvalue weighted by atomic mass is 10.2. The Morgan fingerprint density at radius 1 is 1.12 bits per heavy atom. The van der Waals surface area contributed by atoms with Gasteiger partial charge in [-0.15, -0.1) is 0 Å². The zero-order chi connectivity index (χ0) is 12.3. The first-order valence-corrected chi connectivity index (χ1v) is 6.51. The molecular weight excluding hydrogens is 348 g/mol. The standard InChI is InChI=1S/C12H10Br2N2O/c13-9-2-1-8(12(15)4-9)7-17-11-3-10(14)5-16-6-11/h1-6H,7,15H2. The van der Waals surface area contributed by atoms with Crippen molar-refractivity contribution < 1.29 is 4.74 Å². The lowest BCUT2D eigenvalue weighted by Gasteiger charge is -2.08. The summed E-state index contributed by atoms with van der Waals surface area (Å²) in [7, 11) is 0. The van der Waals surface area contributed by atoms with Gasteiger partial charge in [0.15, 0.2) is 0 Å². The fourth-order valence-electron chi connectivity index (χ4n) is 1.33. The van der Waals surface area contributed by atoms with Crippen LogP contribution in [0.15, 0.2) is 45.6 Å². The number of hydrogen-bond acceptors (Lipinski definition) is 3. The molecule has 1 aromatic heterocycles. The second-order valence-corrected chi connectivity index (χ2v) is 5.30. The van der Waals surface area contributed by atoms with E-state index in [9.17, 15) is 0 Å². The molecular formula is C12H10Br2N2O. The molecule has 2 rings (SSSR count). The number of hydrogen-bond donors (Lipinski definition) is 1. The number of aromatic nitrogens is 1. The molecule has 0 aliphatic rings. The van der Waals surface area contributed by atoms with Crippen LogP contribution in [0.2, 0.25) is 0 Å². The van der Waals surface area contributed by atoms with Crippen LogP contribution in [0.5, 0.6) is 5.75 Å². The first-order chi connectivity index (χ1) is 8.15. The maximum atomic E-state index is 5.88. The summed E-state index contributed by atoms with van der Waals surface area (Å²) in [6, 6.07) is 7.60. The summed E-state index contributed by atoms with van der Waals surface area (Å²) in [5.41, 5.74) is 7.54. The van der Waals surface area contributed by atoms with Crippen molar-refractivity contribution in [2.75, 3.05) is 5.73 Å². The zero-order valence-corrected chi connectivity index (χ0v) is 12.0. The number of benzene rings is 1. The van der Waals surface area contributed by atoms with Crippen LogP contribution < -0.4 is 10.5 Å². The van der Waals surface area contributed by atoms with Crippen LogP contribution in [0.25, 0.3) is 0 Å². The van der Waals surface area contributed by atoms with Crippen LogP contribution >= 0.6 is 31.9 Å². The van der Waals surface area contributed by atoms with Crippen molar-refractivity contribution >= 4 is 37.5 Å². The molecule has 0 aliphatic heterocycles. The number of ether oxygens (including phenoxy) is 1. The van der Waals surface area contributed by atoms with Gasteiger partial charge in [-0.05, 0) is 34.1 Å². The topological polar surface area (TPSA) is 48.1 Å². The lowest BCUT2D eigenvalue weighted by molar-refractivity contribution is 0.305. The van der Waals surface area contributed by atoms with Crippen LogP contribution in [-0.4, -0.2) is 4.98 Å². The first-order valence-electron chi connectivity index (χ1n) is 4.92. The SMILES string of the molecule is Nc1cc(Br)ccc1COc1cncc(Br)c1. The van der Waals surface area contributed by atoms with E-state index in [4.69, 9.17) is 10.5 Å². The maximum absolute atomic E-state index is 5.88. The Morgan fingerprint density at radius 2 is 1.94 bits per heavy atom. The molecule has 0 fully saturated rings. The quantitative estimate of drug-likeness (QED) is 0.850. The van der Waals surface area contributed by atoms with Crippen molar-refractivity contribution in [3.63, 3.8) is 0 Å². The number of halogens is 2. The highest BCUT2D eigenvalue weighted by Crippen LogP contribution is 2.21. The Balaban J connectivity index is 2.07. The molecule has 0 saturated carbocycles. The van der Waals surface area contributed by atoms with E-state index in [-0.39, 0.29) is 0 Å². The van der Waals surface area contributed by atoms with Gasteiger partial charge in [0.2, 0.25) is 0 Å². The molecule has 0 bridgehead atoms. The Hall–Kier alpha value is -1.07. The highest BCUT2D eigenvalue weighted by Gasteiger charge is 2.02. The van der Waals surface area contributed by atoms with Crippen LogP contribution in [0.3, 0.4) is 0 Å². The fourth-order valence-corrected chi connectivity index (χ4v) is 2.05. The third kappa shape index (κ3) is 3.44. The minimum atomic E-state index is 0.428. The van der Waals surface area contributed by atoms with E-state index in [1.54, 1.807) is 12.4 Å². The van der Waals surface area contributed by atoms with Gasteiger partial charge in [-0.2, -0.15) is 0 Å². The zero-order valence-electron chi connectivity index (χ0n) is 8.86. The van der Waals surface area contributed by atoms with Gasteiger partial charge >= 0.3 is 0 Å². The normalized spacial score (nSPS) is 10.2. The van der Waals surface area contributed by atoms with Crippen molar-refractivity contribution in [1.82, 2.24) is 4.98 Å². The van der Waals surface area contributed by atoms with E-state index in [2.05, 4.69) is 36.8 Å². The summed E-state index contributed by atoms with van der Waals surface area (Å²) in [6.07, 6.45) is 3.38. The molecule has 88 valence electrons. The minimum absolute atomic E-state index is 0.428. The Labute approximate surface area is 116 Å². The number of rotatable bonds is 3.